The van der Waals surface area contributed by atoms with Gasteiger partial charge in [0.2, 0.25) is 0 Å². The maximum absolute atomic E-state index is 12.6. The van der Waals surface area contributed by atoms with Crippen molar-refractivity contribution in [2.24, 2.45) is 0 Å². The summed E-state index contributed by atoms with van der Waals surface area (Å²) in [4.78, 5) is 5.70. The van der Waals surface area contributed by atoms with E-state index in [-0.39, 0.29) is 17.7 Å². The van der Waals surface area contributed by atoms with Crippen molar-refractivity contribution >= 4 is 11.6 Å². The quantitative estimate of drug-likeness (QED) is 0.893. The molecule has 0 aliphatic carbocycles. The zero-order valence-electron chi connectivity index (χ0n) is 10.0. The second kappa shape index (κ2) is 4.81. The summed E-state index contributed by atoms with van der Waals surface area (Å²) in [5.41, 5.74) is 4.65. The summed E-state index contributed by atoms with van der Waals surface area (Å²) >= 11 is 0. The SMILES string of the molecule is CCN(c1cc(C(F)(F)F)cc(N)n1)C(C)C. The Balaban J connectivity index is 3.21. The molecule has 96 valence electrons. The highest BCUT2D eigenvalue weighted by Crippen LogP contribution is 2.32. The summed E-state index contributed by atoms with van der Waals surface area (Å²) < 4.78 is 37.8. The number of nitrogens with zero attached hydrogens (tertiary/aromatic N) is 2. The Morgan fingerprint density at radius 3 is 2.35 bits per heavy atom. The van der Waals surface area contributed by atoms with Crippen LogP contribution in [0.1, 0.15) is 26.3 Å². The second-order valence-electron chi connectivity index (χ2n) is 4.02. The normalized spacial score (nSPS) is 11.9. The Morgan fingerprint density at radius 1 is 1.35 bits per heavy atom. The molecule has 0 atom stereocenters. The maximum Gasteiger partial charge on any atom is 0.416 e. The molecule has 1 aromatic rings. The van der Waals surface area contributed by atoms with Crippen LogP contribution in [0.3, 0.4) is 0 Å². The van der Waals surface area contributed by atoms with Gasteiger partial charge < -0.3 is 10.6 Å². The fourth-order valence-corrected chi connectivity index (χ4v) is 1.64. The third-order valence-corrected chi connectivity index (χ3v) is 2.42. The minimum Gasteiger partial charge on any atom is -0.384 e. The van der Waals surface area contributed by atoms with Gasteiger partial charge in [-0.3, -0.25) is 0 Å². The first-order chi connectivity index (χ1) is 7.75. The van der Waals surface area contributed by atoms with E-state index in [4.69, 9.17) is 5.73 Å². The molecule has 17 heavy (non-hydrogen) atoms. The molecule has 3 nitrogen and oxygen atoms in total. The van der Waals surface area contributed by atoms with Crippen molar-refractivity contribution in [1.82, 2.24) is 4.98 Å². The maximum atomic E-state index is 12.6. The van der Waals surface area contributed by atoms with Crippen LogP contribution >= 0.6 is 0 Å². The van der Waals surface area contributed by atoms with Crippen LogP contribution in [0.15, 0.2) is 12.1 Å². The lowest BCUT2D eigenvalue weighted by atomic mass is 10.2. The summed E-state index contributed by atoms with van der Waals surface area (Å²) in [6.07, 6.45) is -4.40. The summed E-state index contributed by atoms with van der Waals surface area (Å²) in [5, 5.41) is 0. The second-order valence-corrected chi connectivity index (χ2v) is 4.02. The first-order valence-corrected chi connectivity index (χ1v) is 5.37. The lowest BCUT2D eigenvalue weighted by Gasteiger charge is -2.27. The summed E-state index contributed by atoms with van der Waals surface area (Å²) in [7, 11) is 0. The third kappa shape index (κ3) is 3.25. The van der Waals surface area contributed by atoms with Gasteiger partial charge in [-0.25, -0.2) is 4.98 Å². The van der Waals surface area contributed by atoms with Crippen LogP contribution in [-0.2, 0) is 6.18 Å². The molecule has 0 aliphatic rings. The van der Waals surface area contributed by atoms with Gasteiger partial charge in [-0.15, -0.1) is 0 Å². The number of nitrogen functional groups attached to an aromatic ring is 1. The van der Waals surface area contributed by atoms with Crippen LogP contribution in [0, 0.1) is 0 Å². The minimum atomic E-state index is -4.40. The lowest BCUT2D eigenvalue weighted by Crippen LogP contribution is -2.31. The Hall–Kier alpha value is -1.46. The van der Waals surface area contributed by atoms with Gasteiger partial charge in [0.1, 0.15) is 11.6 Å². The molecular formula is C11H16F3N3. The van der Waals surface area contributed by atoms with Crippen LogP contribution in [0.25, 0.3) is 0 Å². The summed E-state index contributed by atoms with van der Waals surface area (Å²) in [5.74, 6) is 0.142. The van der Waals surface area contributed by atoms with Crippen LogP contribution < -0.4 is 10.6 Å². The van der Waals surface area contributed by atoms with Crippen LogP contribution in [0.4, 0.5) is 24.8 Å². The molecule has 0 saturated heterocycles. The van der Waals surface area contributed by atoms with Crippen molar-refractivity contribution in [1.29, 1.82) is 0 Å². The van der Waals surface area contributed by atoms with E-state index in [0.29, 0.717) is 6.54 Å². The van der Waals surface area contributed by atoms with Crippen LogP contribution in [0.2, 0.25) is 0 Å². The third-order valence-electron chi connectivity index (χ3n) is 2.42. The average molecular weight is 247 g/mol. The van der Waals surface area contributed by atoms with E-state index in [2.05, 4.69) is 4.98 Å². The van der Waals surface area contributed by atoms with Gasteiger partial charge in [-0.1, -0.05) is 0 Å². The van der Waals surface area contributed by atoms with Crippen molar-refractivity contribution < 1.29 is 13.2 Å². The largest absolute Gasteiger partial charge is 0.416 e. The number of hydrogen-bond donors (Lipinski definition) is 1. The highest BCUT2D eigenvalue weighted by molar-refractivity contribution is 5.49. The standard InChI is InChI=1S/C11H16F3N3/c1-4-17(7(2)3)10-6-8(11(12,13)14)5-9(15)16-10/h5-7H,4H2,1-3H3,(H2,15,16). The molecule has 6 heteroatoms. The molecule has 1 rings (SSSR count). The van der Waals surface area contributed by atoms with Crippen LogP contribution in [-0.4, -0.2) is 17.6 Å². The molecular weight excluding hydrogens is 231 g/mol. The Morgan fingerprint density at radius 2 is 1.94 bits per heavy atom. The van der Waals surface area contributed by atoms with E-state index >= 15 is 0 Å². The fourth-order valence-electron chi connectivity index (χ4n) is 1.64. The number of nitrogens with two attached hydrogens (primary N) is 1. The molecule has 0 amide bonds. The Labute approximate surface area is 98.4 Å². The molecule has 0 unspecified atom stereocenters. The van der Waals surface area contributed by atoms with Gasteiger partial charge >= 0.3 is 6.18 Å². The first kappa shape index (κ1) is 13.6. The molecule has 2 N–H and O–H groups in total. The molecule has 0 fully saturated rings. The van der Waals surface area contributed by atoms with Gasteiger partial charge in [-0.05, 0) is 32.9 Å². The molecule has 1 aromatic heterocycles. The molecule has 0 radical (unpaired) electrons. The number of pyridine rings is 1. The predicted molar refractivity (Wildman–Crippen MR) is 61.8 cm³/mol. The number of aromatic nitrogens is 1. The summed E-state index contributed by atoms with van der Waals surface area (Å²) in [6.45, 7) is 6.22. The first-order valence-electron chi connectivity index (χ1n) is 5.37. The van der Waals surface area contributed by atoms with E-state index in [1.54, 1.807) is 4.90 Å². The zero-order chi connectivity index (χ0) is 13.2. The Bertz CT molecular complexity index is 388. The number of alkyl halides is 3. The summed E-state index contributed by atoms with van der Waals surface area (Å²) in [6, 6.07) is 1.94. The predicted octanol–water partition coefficient (Wildman–Crippen LogP) is 2.92. The van der Waals surface area contributed by atoms with Crippen molar-refractivity contribution in [3.05, 3.63) is 17.7 Å². The van der Waals surface area contributed by atoms with Gasteiger partial charge in [0.05, 0.1) is 5.56 Å². The van der Waals surface area contributed by atoms with E-state index in [1.807, 2.05) is 20.8 Å². The highest BCUT2D eigenvalue weighted by atomic mass is 19.4. The molecule has 0 aliphatic heterocycles. The van der Waals surface area contributed by atoms with Crippen LogP contribution in [0.5, 0.6) is 0 Å². The van der Waals surface area contributed by atoms with Gasteiger partial charge in [0, 0.05) is 12.6 Å². The van der Waals surface area contributed by atoms with Crippen molar-refractivity contribution in [3.8, 4) is 0 Å². The molecule has 0 spiro atoms. The van der Waals surface area contributed by atoms with Crippen molar-refractivity contribution in [3.63, 3.8) is 0 Å². The van der Waals surface area contributed by atoms with E-state index in [0.717, 1.165) is 12.1 Å². The highest BCUT2D eigenvalue weighted by Gasteiger charge is 2.32. The molecule has 1 heterocycles. The monoisotopic (exact) mass is 247 g/mol. The smallest absolute Gasteiger partial charge is 0.384 e. The zero-order valence-corrected chi connectivity index (χ0v) is 10.0. The topological polar surface area (TPSA) is 42.1 Å². The average Bonchev–Trinajstić information content (AvgIpc) is 2.15. The number of rotatable bonds is 3. The van der Waals surface area contributed by atoms with Crippen molar-refractivity contribution in [2.45, 2.75) is 33.0 Å². The Kier molecular flexibility index (Phi) is 3.85. The lowest BCUT2D eigenvalue weighted by molar-refractivity contribution is -0.137. The number of anilines is 2. The van der Waals surface area contributed by atoms with Gasteiger partial charge in [0.15, 0.2) is 0 Å². The van der Waals surface area contributed by atoms with E-state index in [1.165, 1.54) is 0 Å². The fraction of sp³-hybridized carbons (Fsp3) is 0.545. The van der Waals surface area contributed by atoms with Gasteiger partial charge in [0.25, 0.3) is 0 Å². The number of hydrogen-bond acceptors (Lipinski definition) is 3. The van der Waals surface area contributed by atoms with Gasteiger partial charge in [-0.2, -0.15) is 13.2 Å². The molecule has 0 aromatic carbocycles. The number of halogens is 3. The van der Waals surface area contributed by atoms with E-state index in [9.17, 15) is 13.2 Å². The minimum absolute atomic E-state index is 0.0652. The van der Waals surface area contributed by atoms with E-state index < -0.39 is 11.7 Å². The van der Waals surface area contributed by atoms with Crippen molar-refractivity contribution in [2.75, 3.05) is 17.2 Å². The molecule has 0 bridgehead atoms. The molecule has 0 saturated carbocycles.